The first-order valence-electron chi connectivity index (χ1n) is 7.92. The molecule has 1 saturated carbocycles. The number of hydrogen-bond donors (Lipinski definition) is 1. The van der Waals surface area contributed by atoms with Crippen molar-refractivity contribution in [3.8, 4) is 0 Å². The highest BCUT2D eigenvalue weighted by molar-refractivity contribution is 5.79. The number of likely N-dealkylation sites (N-methyl/N-ethyl adjacent to an activating group) is 1. The molecule has 0 spiro atoms. The van der Waals surface area contributed by atoms with Crippen molar-refractivity contribution < 1.29 is 13.6 Å². The Kier molecular flexibility index (Phi) is 5.35. The van der Waals surface area contributed by atoms with E-state index in [4.69, 9.17) is 0 Å². The van der Waals surface area contributed by atoms with Crippen LogP contribution in [0.15, 0.2) is 0 Å². The van der Waals surface area contributed by atoms with Crippen LogP contribution >= 0.6 is 0 Å². The lowest BCUT2D eigenvalue weighted by atomic mass is 9.85. The van der Waals surface area contributed by atoms with Crippen LogP contribution in [0.4, 0.5) is 8.78 Å². The molecular formula is C15H26F2N2O. The van der Waals surface area contributed by atoms with Crippen molar-refractivity contribution in [2.75, 3.05) is 19.6 Å². The molecule has 116 valence electrons. The molecule has 0 bridgehead atoms. The number of rotatable bonds is 4. The second kappa shape index (κ2) is 6.83. The molecule has 2 aliphatic rings. The Morgan fingerprint density at radius 3 is 2.50 bits per heavy atom. The minimum Gasteiger partial charge on any atom is -0.341 e. The average molecular weight is 288 g/mol. The lowest BCUT2D eigenvalue weighted by molar-refractivity contribution is -0.139. The van der Waals surface area contributed by atoms with Gasteiger partial charge in [0.25, 0.3) is 0 Å². The average Bonchev–Trinajstić information content (AvgIpc) is 2.45. The van der Waals surface area contributed by atoms with E-state index in [1.165, 1.54) is 12.8 Å². The molecule has 20 heavy (non-hydrogen) atoms. The van der Waals surface area contributed by atoms with Crippen LogP contribution in [0.1, 0.15) is 51.9 Å². The molecule has 2 fully saturated rings. The lowest BCUT2D eigenvalue weighted by Crippen LogP contribution is -2.48. The monoisotopic (exact) mass is 288 g/mol. The third kappa shape index (κ3) is 4.14. The van der Waals surface area contributed by atoms with E-state index in [9.17, 15) is 13.6 Å². The first-order valence-corrected chi connectivity index (χ1v) is 7.92. The minimum absolute atomic E-state index is 0.0790. The van der Waals surface area contributed by atoms with Gasteiger partial charge in [-0.25, -0.2) is 8.78 Å². The van der Waals surface area contributed by atoms with Gasteiger partial charge in [0.1, 0.15) is 0 Å². The number of amides is 1. The van der Waals surface area contributed by atoms with Gasteiger partial charge in [-0.2, -0.15) is 0 Å². The van der Waals surface area contributed by atoms with Gasteiger partial charge in [-0.05, 0) is 39.2 Å². The minimum atomic E-state index is -2.56. The standard InChI is InChI=1S/C15H26F2N2O/c1-2-19(11-13-5-3-4-10-18-13)14(20)12-6-8-15(16,17)9-7-12/h12-13,18H,2-11H2,1H3. The maximum atomic E-state index is 13.2. The summed E-state index contributed by atoms with van der Waals surface area (Å²) in [5.74, 6) is -2.67. The molecule has 1 saturated heterocycles. The van der Waals surface area contributed by atoms with E-state index in [0.717, 1.165) is 19.5 Å². The van der Waals surface area contributed by atoms with Gasteiger partial charge in [-0.3, -0.25) is 4.79 Å². The number of alkyl halides is 2. The first-order chi connectivity index (χ1) is 9.52. The van der Waals surface area contributed by atoms with Gasteiger partial charge in [0.15, 0.2) is 0 Å². The highest BCUT2D eigenvalue weighted by Crippen LogP contribution is 2.36. The Morgan fingerprint density at radius 1 is 1.25 bits per heavy atom. The largest absolute Gasteiger partial charge is 0.341 e. The second-order valence-corrected chi connectivity index (χ2v) is 6.15. The van der Waals surface area contributed by atoms with Gasteiger partial charge in [0.2, 0.25) is 11.8 Å². The van der Waals surface area contributed by atoms with Crippen LogP contribution in [0.5, 0.6) is 0 Å². The summed E-state index contributed by atoms with van der Waals surface area (Å²) in [6, 6.07) is 0.373. The fraction of sp³-hybridized carbons (Fsp3) is 0.933. The van der Waals surface area contributed by atoms with E-state index in [1.54, 1.807) is 0 Å². The number of piperidine rings is 1. The van der Waals surface area contributed by atoms with Crippen LogP contribution in [-0.4, -0.2) is 42.4 Å². The Bertz CT molecular complexity index is 320. The zero-order valence-electron chi connectivity index (χ0n) is 12.3. The SMILES string of the molecule is CCN(CC1CCCCN1)C(=O)C1CCC(F)(F)CC1. The van der Waals surface area contributed by atoms with Crippen molar-refractivity contribution in [2.45, 2.75) is 63.8 Å². The zero-order valence-corrected chi connectivity index (χ0v) is 12.3. The summed E-state index contributed by atoms with van der Waals surface area (Å²) in [6.45, 7) is 4.39. The molecule has 1 heterocycles. The molecule has 5 heteroatoms. The first kappa shape index (κ1) is 15.7. The second-order valence-electron chi connectivity index (χ2n) is 6.15. The van der Waals surface area contributed by atoms with Crippen LogP contribution in [-0.2, 0) is 4.79 Å². The molecule has 1 aliphatic heterocycles. The molecule has 0 aromatic rings. The Balaban J connectivity index is 1.85. The van der Waals surface area contributed by atoms with E-state index in [1.807, 2.05) is 11.8 Å². The van der Waals surface area contributed by atoms with Crippen molar-refractivity contribution in [2.24, 2.45) is 5.92 Å². The van der Waals surface area contributed by atoms with Crippen molar-refractivity contribution in [1.29, 1.82) is 0 Å². The molecule has 0 aromatic carbocycles. The van der Waals surface area contributed by atoms with E-state index in [0.29, 0.717) is 25.4 Å². The van der Waals surface area contributed by atoms with Crippen molar-refractivity contribution in [3.05, 3.63) is 0 Å². The van der Waals surface area contributed by atoms with Crippen LogP contribution in [0.3, 0.4) is 0 Å². The van der Waals surface area contributed by atoms with E-state index >= 15 is 0 Å². The summed E-state index contributed by atoms with van der Waals surface area (Å²) in [7, 11) is 0. The highest BCUT2D eigenvalue weighted by Gasteiger charge is 2.38. The fourth-order valence-electron chi connectivity index (χ4n) is 3.27. The zero-order chi connectivity index (χ0) is 14.6. The number of hydrogen-bond acceptors (Lipinski definition) is 2. The normalized spacial score (nSPS) is 27.2. The number of carbonyl (C=O) groups excluding carboxylic acids is 1. The topological polar surface area (TPSA) is 32.3 Å². The van der Waals surface area contributed by atoms with Gasteiger partial charge in [0, 0.05) is 37.9 Å². The summed E-state index contributed by atoms with van der Waals surface area (Å²) < 4.78 is 26.3. The van der Waals surface area contributed by atoms with Gasteiger partial charge < -0.3 is 10.2 Å². The quantitative estimate of drug-likeness (QED) is 0.862. The number of halogens is 2. The predicted molar refractivity (Wildman–Crippen MR) is 74.8 cm³/mol. The predicted octanol–water partition coefficient (Wildman–Crippen LogP) is 2.80. The highest BCUT2D eigenvalue weighted by atomic mass is 19.3. The summed E-state index contributed by atoms with van der Waals surface area (Å²) >= 11 is 0. The molecule has 3 nitrogen and oxygen atoms in total. The maximum Gasteiger partial charge on any atom is 0.248 e. The van der Waals surface area contributed by atoms with Gasteiger partial charge in [-0.1, -0.05) is 6.42 Å². The molecule has 1 aliphatic carbocycles. The van der Waals surface area contributed by atoms with Gasteiger partial charge in [-0.15, -0.1) is 0 Å². The Labute approximate surface area is 120 Å². The molecule has 1 unspecified atom stereocenters. The molecule has 1 amide bonds. The molecule has 1 atom stereocenters. The van der Waals surface area contributed by atoms with Gasteiger partial charge in [0.05, 0.1) is 0 Å². The summed E-state index contributed by atoms with van der Waals surface area (Å²) in [6.07, 6.45) is 3.91. The van der Waals surface area contributed by atoms with Gasteiger partial charge >= 0.3 is 0 Å². The number of carbonyl (C=O) groups is 1. The Morgan fingerprint density at radius 2 is 1.95 bits per heavy atom. The third-order valence-electron chi connectivity index (χ3n) is 4.61. The van der Waals surface area contributed by atoms with Crippen LogP contribution in [0, 0.1) is 5.92 Å². The summed E-state index contributed by atoms with van der Waals surface area (Å²) in [5, 5.41) is 3.44. The molecule has 2 rings (SSSR count). The fourth-order valence-corrected chi connectivity index (χ4v) is 3.27. The third-order valence-corrected chi connectivity index (χ3v) is 4.61. The van der Waals surface area contributed by atoms with E-state index < -0.39 is 5.92 Å². The van der Waals surface area contributed by atoms with Crippen molar-refractivity contribution in [3.63, 3.8) is 0 Å². The number of nitrogens with zero attached hydrogens (tertiary/aromatic N) is 1. The molecule has 0 aromatic heterocycles. The summed E-state index contributed by atoms with van der Waals surface area (Å²) in [5.41, 5.74) is 0. The summed E-state index contributed by atoms with van der Waals surface area (Å²) in [4.78, 5) is 14.3. The maximum absolute atomic E-state index is 13.2. The molecule has 0 radical (unpaired) electrons. The van der Waals surface area contributed by atoms with E-state index in [-0.39, 0.29) is 24.7 Å². The van der Waals surface area contributed by atoms with Crippen LogP contribution < -0.4 is 5.32 Å². The smallest absolute Gasteiger partial charge is 0.248 e. The Hall–Kier alpha value is -0.710. The lowest BCUT2D eigenvalue weighted by Gasteiger charge is -2.34. The number of nitrogens with one attached hydrogen (secondary N) is 1. The molecule has 1 N–H and O–H groups in total. The van der Waals surface area contributed by atoms with Crippen molar-refractivity contribution >= 4 is 5.91 Å². The van der Waals surface area contributed by atoms with Crippen LogP contribution in [0.2, 0.25) is 0 Å². The molecular weight excluding hydrogens is 262 g/mol. The van der Waals surface area contributed by atoms with Crippen molar-refractivity contribution in [1.82, 2.24) is 10.2 Å². The van der Waals surface area contributed by atoms with E-state index in [2.05, 4.69) is 5.32 Å². The van der Waals surface area contributed by atoms with Crippen LogP contribution in [0.25, 0.3) is 0 Å².